The van der Waals surface area contributed by atoms with Crippen LogP contribution < -0.4 is 0 Å². The van der Waals surface area contributed by atoms with Crippen LogP contribution in [0, 0.1) is 5.92 Å². The molecular formula is C15H15N3O4. The van der Waals surface area contributed by atoms with Crippen LogP contribution in [0.4, 0.5) is 0 Å². The van der Waals surface area contributed by atoms with Crippen LogP contribution in [-0.2, 0) is 4.79 Å². The maximum absolute atomic E-state index is 12.4. The van der Waals surface area contributed by atoms with Crippen LogP contribution in [0.25, 0.3) is 5.69 Å². The zero-order chi connectivity index (χ0) is 15.7. The van der Waals surface area contributed by atoms with Gasteiger partial charge in [0.15, 0.2) is 11.4 Å². The Labute approximate surface area is 126 Å². The molecule has 1 aliphatic rings. The molecule has 1 unspecified atom stereocenters. The highest BCUT2D eigenvalue weighted by Crippen LogP contribution is 2.23. The second-order valence-electron chi connectivity index (χ2n) is 5.22. The largest absolute Gasteiger partial charge is 0.504 e. The summed E-state index contributed by atoms with van der Waals surface area (Å²) in [6.45, 7) is 0.499. The third-order valence-electron chi connectivity index (χ3n) is 3.74. The minimum absolute atomic E-state index is 0.0603. The smallest absolute Gasteiger partial charge is 0.308 e. The molecule has 1 aromatic carbocycles. The maximum atomic E-state index is 12.4. The predicted octanol–water partition coefficient (Wildman–Crippen LogP) is 1.12. The molecule has 3 rings (SSSR count). The molecule has 114 valence electrons. The summed E-state index contributed by atoms with van der Waals surface area (Å²) >= 11 is 0. The van der Waals surface area contributed by atoms with Gasteiger partial charge >= 0.3 is 5.97 Å². The SMILES string of the molecule is O=C(O)C1CCN(C(=O)c2nn(-c3ccccc3)cc2O)C1. The average Bonchev–Trinajstić information content (AvgIpc) is 3.14. The summed E-state index contributed by atoms with van der Waals surface area (Å²) in [6.07, 6.45) is 1.79. The van der Waals surface area contributed by atoms with E-state index in [1.807, 2.05) is 18.2 Å². The number of aromatic hydroxyl groups is 1. The Kier molecular flexibility index (Phi) is 3.54. The number of amides is 1. The Morgan fingerprint density at radius 3 is 2.59 bits per heavy atom. The van der Waals surface area contributed by atoms with Crippen molar-refractivity contribution < 1.29 is 19.8 Å². The third-order valence-corrected chi connectivity index (χ3v) is 3.74. The molecule has 0 spiro atoms. The third kappa shape index (κ3) is 2.52. The lowest BCUT2D eigenvalue weighted by atomic mass is 10.1. The van der Waals surface area contributed by atoms with Crippen molar-refractivity contribution in [3.05, 3.63) is 42.2 Å². The van der Waals surface area contributed by atoms with E-state index in [9.17, 15) is 14.7 Å². The monoisotopic (exact) mass is 301 g/mol. The molecule has 1 amide bonds. The van der Waals surface area contributed by atoms with E-state index in [0.717, 1.165) is 5.69 Å². The van der Waals surface area contributed by atoms with E-state index >= 15 is 0 Å². The number of benzene rings is 1. The number of para-hydroxylation sites is 1. The molecule has 0 bridgehead atoms. The lowest BCUT2D eigenvalue weighted by Crippen LogP contribution is -2.30. The quantitative estimate of drug-likeness (QED) is 0.886. The summed E-state index contributed by atoms with van der Waals surface area (Å²) < 4.78 is 1.42. The number of carboxylic acid groups (broad SMARTS) is 1. The number of carbonyl (C=O) groups excluding carboxylic acids is 1. The highest BCUT2D eigenvalue weighted by Gasteiger charge is 2.33. The van der Waals surface area contributed by atoms with Crippen LogP contribution in [0.5, 0.6) is 5.75 Å². The van der Waals surface area contributed by atoms with E-state index in [2.05, 4.69) is 5.10 Å². The molecule has 2 heterocycles. The van der Waals surface area contributed by atoms with Crippen LogP contribution in [-0.4, -0.2) is 49.9 Å². The number of hydrogen-bond donors (Lipinski definition) is 2. The minimum Gasteiger partial charge on any atom is -0.504 e. The van der Waals surface area contributed by atoms with Crippen LogP contribution in [0.3, 0.4) is 0 Å². The summed E-state index contributed by atoms with van der Waals surface area (Å²) in [6, 6.07) is 9.12. The fourth-order valence-corrected chi connectivity index (χ4v) is 2.53. The minimum atomic E-state index is -0.908. The van der Waals surface area contributed by atoms with Gasteiger partial charge in [0.1, 0.15) is 0 Å². The molecule has 1 aromatic heterocycles. The van der Waals surface area contributed by atoms with Gasteiger partial charge in [0.25, 0.3) is 5.91 Å². The molecule has 0 radical (unpaired) electrons. The van der Waals surface area contributed by atoms with Crippen LogP contribution in [0.15, 0.2) is 36.5 Å². The van der Waals surface area contributed by atoms with Gasteiger partial charge in [0, 0.05) is 13.1 Å². The zero-order valence-electron chi connectivity index (χ0n) is 11.7. The number of carbonyl (C=O) groups is 2. The number of nitrogens with zero attached hydrogens (tertiary/aromatic N) is 3. The van der Waals surface area contributed by atoms with Crippen LogP contribution in [0.2, 0.25) is 0 Å². The molecule has 1 aliphatic heterocycles. The van der Waals surface area contributed by atoms with Gasteiger partial charge < -0.3 is 15.1 Å². The molecule has 1 fully saturated rings. The normalized spacial score (nSPS) is 17.6. The van der Waals surface area contributed by atoms with E-state index in [4.69, 9.17) is 5.11 Å². The van der Waals surface area contributed by atoms with Crippen molar-refractivity contribution in [1.29, 1.82) is 0 Å². The van der Waals surface area contributed by atoms with Crippen LogP contribution in [0.1, 0.15) is 16.9 Å². The highest BCUT2D eigenvalue weighted by atomic mass is 16.4. The Bertz CT molecular complexity index is 711. The predicted molar refractivity (Wildman–Crippen MR) is 76.9 cm³/mol. The molecule has 1 atom stereocenters. The topological polar surface area (TPSA) is 95.7 Å². The molecule has 2 N–H and O–H groups in total. The fraction of sp³-hybridized carbons (Fsp3) is 0.267. The summed E-state index contributed by atoms with van der Waals surface area (Å²) in [5, 5.41) is 23.1. The van der Waals surface area contributed by atoms with E-state index < -0.39 is 17.8 Å². The van der Waals surface area contributed by atoms with Gasteiger partial charge in [-0.05, 0) is 18.6 Å². The van der Waals surface area contributed by atoms with Crippen molar-refractivity contribution >= 4 is 11.9 Å². The molecule has 7 nitrogen and oxygen atoms in total. The standard InChI is InChI=1S/C15H15N3O4/c19-12-9-18(11-4-2-1-3-5-11)16-13(12)14(20)17-7-6-10(8-17)15(21)22/h1-5,9-10,19H,6-8H2,(H,21,22). The molecule has 2 aromatic rings. The first kappa shape index (κ1) is 14.1. The maximum Gasteiger partial charge on any atom is 0.308 e. The second-order valence-corrected chi connectivity index (χ2v) is 5.22. The number of hydrogen-bond acceptors (Lipinski definition) is 4. The van der Waals surface area contributed by atoms with Gasteiger partial charge in [-0.1, -0.05) is 18.2 Å². The molecule has 0 saturated carbocycles. The zero-order valence-corrected chi connectivity index (χ0v) is 11.7. The molecule has 0 aliphatic carbocycles. The van der Waals surface area contributed by atoms with Crippen molar-refractivity contribution in [2.45, 2.75) is 6.42 Å². The van der Waals surface area contributed by atoms with Gasteiger partial charge in [-0.25, -0.2) is 4.68 Å². The summed E-state index contributed by atoms with van der Waals surface area (Å²) in [4.78, 5) is 24.7. The van der Waals surface area contributed by atoms with E-state index in [-0.39, 0.29) is 18.0 Å². The van der Waals surface area contributed by atoms with E-state index in [0.29, 0.717) is 13.0 Å². The molecular weight excluding hydrogens is 286 g/mol. The average molecular weight is 301 g/mol. The molecule has 1 saturated heterocycles. The number of aliphatic carboxylic acids is 1. The summed E-state index contributed by atoms with van der Waals surface area (Å²) in [7, 11) is 0. The first-order valence-corrected chi connectivity index (χ1v) is 6.92. The number of carboxylic acids is 1. The Balaban J connectivity index is 1.82. The first-order valence-electron chi connectivity index (χ1n) is 6.92. The lowest BCUT2D eigenvalue weighted by Gasteiger charge is -2.14. The van der Waals surface area contributed by atoms with Gasteiger partial charge in [-0.15, -0.1) is 0 Å². The Morgan fingerprint density at radius 2 is 1.95 bits per heavy atom. The lowest BCUT2D eigenvalue weighted by molar-refractivity contribution is -0.141. The number of rotatable bonds is 3. The number of likely N-dealkylation sites (tertiary alicyclic amines) is 1. The highest BCUT2D eigenvalue weighted by molar-refractivity contribution is 5.95. The Hall–Kier alpha value is -2.83. The summed E-state index contributed by atoms with van der Waals surface area (Å²) in [5.74, 6) is -2.12. The first-order chi connectivity index (χ1) is 10.6. The van der Waals surface area contributed by atoms with Crippen molar-refractivity contribution in [2.75, 3.05) is 13.1 Å². The van der Waals surface area contributed by atoms with Gasteiger partial charge in [-0.3, -0.25) is 9.59 Å². The van der Waals surface area contributed by atoms with Crippen molar-refractivity contribution in [2.24, 2.45) is 5.92 Å². The van der Waals surface area contributed by atoms with E-state index in [1.54, 1.807) is 12.1 Å². The number of aromatic nitrogens is 2. The van der Waals surface area contributed by atoms with Gasteiger partial charge in [-0.2, -0.15) is 5.10 Å². The van der Waals surface area contributed by atoms with Crippen molar-refractivity contribution in [3.8, 4) is 11.4 Å². The fourth-order valence-electron chi connectivity index (χ4n) is 2.53. The van der Waals surface area contributed by atoms with E-state index in [1.165, 1.54) is 15.8 Å². The van der Waals surface area contributed by atoms with Crippen molar-refractivity contribution in [1.82, 2.24) is 14.7 Å². The van der Waals surface area contributed by atoms with Gasteiger partial charge in [0.2, 0.25) is 0 Å². The summed E-state index contributed by atoms with van der Waals surface area (Å²) in [5.41, 5.74) is 0.663. The Morgan fingerprint density at radius 1 is 1.23 bits per heavy atom. The van der Waals surface area contributed by atoms with Gasteiger partial charge in [0.05, 0.1) is 17.8 Å². The van der Waals surface area contributed by atoms with Crippen LogP contribution >= 0.6 is 0 Å². The second kappa shape index (κ2) is 5.51. The molecule has 7 heteroatoms. The molecule has 22 heavy (non-hydrogen) atoms. The van der Waals surface area contributed by atoms with Crippen molar-refractivity contribution in [3.63, 3.8) is 0 Å².